The standard InChI is InChI=1S/C17H27NO2/c1-2-17(19,13-18)11-6-12-20-16-10-5-8-14-7-3-4-9-15(14)16/h3-4,7,9,16,19H,2,5-6,8,10-13,18H2,1H3. The molecule has 1 aromatic rings. The zero-order valence-electron chi connectivity index (χ0n) is 12.5. The number of aryl methyl sites for hydroxylation is 1. The van der Waals surface area contributed by atoms with Crippen molar-refractivity contribution in [2.24, 2.45) is 5.73 Å². The molecular formula is C17H27NO2. The van der Waals surface area contributed by atoms with E-state index in [2.05, 4.69) is 24.3 Å². The van der Waals surface area contributed by atoms with Crippen LogP contribution in [0.25, 0.3) is 0 Å². The van der Waals surface area contributed by atoms with Crippen molar-refractivity contribution in [1.29, 1.82) is 0 Å². The Morgan fingerprint density at radius 2 is 2.20 bits per heavy atom. The number of rotatable bonds is 7. The van der Waals surface area contributed by atoms with E-state index in [9.17, 15) is 5.11 Å². The highest BCUT2D eigenvalue weighted by molar-refractivity contribution is 5.31. The number of nitrogens with two attached hydrogens (primary N) is 1. The van der Waals surface area contributed by atoms with Gasteiger partial charge in [0.1, 0.15) is 0 Å². The molecule has 1 aliphatic carbocycles. The molecule has 3 N–H and O–H groups in total. The monoisotopic (exact) mass is 277 g/mol. The molecule has 2 rings (SSSR count). The molecule has 2 unspecified atom stereocenters. The van der Waals surface area contributed by atoms with E-state index in [0.29, 0.717) is 26.0 Å². The zero-order valence-corrected chi connectivity index (χ0v) is 12.5. The van der Waals surface area contributed by atoms with Crippen molar-refractivity contribution in [2.45, 2.75) is 57.2 Å². The van der Waals surface area contributed by atoms with E-state index in [-0.39, 0.29) is 6.10 Å². The lowest BCUT2D eigenvalue weighted by Crippen LogP contribution is -2.37. The fourth-order valence-corrected chi connectivity index (χ4v) is 2.93. The van der Waals surface area contributed by atoms with Gasteiger partial charge < -0.3 is 15.6 Å². The summed E-state index contributed by atoms with van der Waals surface area (Å²) in [6.07, 6.45) is 5.98. The first kappa shape index (κ1) is 15.5. The van der Waals surface area contributed by atoms with E-state index >= 15 is 0 Å². The average Bonchev–Trinajstić information content (AvgIpc) is 2.51. The molecule has 0 radical (unpaired) electrons. The van der Waals surface area contributed by atoms with Crippen molar-refractivity contribution in [1.82, 2.24) is 0 Å². The van der Waals surface area contributed by atoms with Crippen molar-refractivity contribution >= 4 is 0 Å². The van der Waals surface area contributed by atoms with Crippen LogP contribution in [0.4, 0.5) is 0 Å². The van der Waals surface area contributed by atoms with Crippen LogP contribution in [0.3, 0.4) is 0 Å². The first-order valence-electron chi connectivity index (χ1n) is 7.80. The molecule has 0 saturated heterocycles. The third-order valence-electron chi connectivity index (χ3n) is 4.46. The fraction of sp³-hybridized carbons (Fsp3) is 0.647. The van der Waals surface area contributed by atoms with Crippen LogP contribution in [-0.2, 0) is 11.2 Å². The number of benzene rings is 1. The highest BCUT2D eigenvalue weighted by Crippen LogP contribution is 2.32. The molecule has 1 aliphatic rings. The number of aliphatic hydroxyl groups is 1. The largest absolute Gasteiger partial charge is 0.389 e. The minimum atomic E-state index is -0.714. The minimum Gasteiger partial charge on any atom is -0.389 e. The third kappa shape index (κ3) is 3.81. The molecular weight excluding hydrogens is 250 g/mol. The van der Waals surface area contributed by atoms with Crippen molar-refractivity contribution in [3.05, 3.63) is 35.4 Å². The molecule has 0 amide bonds. The molecule has 112 valence electrons. The smallest absolute Gasteiger partial charge is 0.0827 e. The van der Waals surface area contributed by atoms with Crippen molar-refractivity contribution in [2.75, 3.05) is 13.2 Å². The number of fused-ring (bicyclic) bond motifs is 1. The van der Waals surface area contributed by atoms with Gasteiger partial charge in [-0.25, -0.2) is 0 Å². The van der Waals surface area contributed by atoms with Gasteiger partial charge in [-0.1, -0.05) is 31.2 Å². The second kappa shape index (κ2) is 7.21. The normalized spacial score (nSPS) is 21.2. The maximum absolute atomic E-state index is 10.1. The van der Waals surface area contributed by atoms with Crippen LogP contribution in [-0.4, -0.2) is 23.9 Å². The summed E-state index contributed by atoms with van der Waals surface area (Å²) in [5.74, 6) is 0. The van der Waals surface area contributed by atoms with E-state index in [1.54, 1.807) is 0 Å². The number of hydrogen-bond donors (Lipinski definition) is 2. The van der Waals surface area contributed by atoms with Crippen LogP contribution in [0, 0.1) is 0 Å². The van der Waals surface area contributed by atoms with Crippen LogP contribution < -0.4 is 5.73 Å². The minimum absolute atomic E-state index is 0.229. The topological polar surface area (TPSA) is 55.5 Å². The maximum Gasteiger partial charge on any atom is 0.0827 e. The molecule has 0 heterocycles. The van der Waals surface area contributed by atoms with Gasteiger partial charge in [0.2, 0.25) is 0 Å². The Balaban J connectivity index is 1.81. The lowest BCUT2D eigenvalue weighted by atomic mass is 9.89. The first-order chi connectivity index (χ1) is 9.68. The van der Waals surface area contributed by atoms with E-state index in [0.717, 1.165) is 12.8 Å². The predicted octanol–water partition coefficient (Wildman–Crippen LogP) is 2.96. The van der Waals surface area contributed by atoms with E-state index in [1.165, 1.54) is 24.0 Å². The maximum atomic E-state index is 10.1. The van der Waals surface area contributed by atoms with E-state index in [4.69, 9.17) is 10.5 Å². The summed E-state index contributed by atoms with van der Waals surface area (Å²) in [6, 6.07) is 8.57. The van der Waals surface area contributed by atoms with Crippen LogP contribution in [0.15, 0.2) is 24.3 Å². The van der Waals surface area contributed by atoms with Crippen LogP contribution >= 0.6 is 0 Å². The summed E-state index contributed by atoms with van der Waals surface area (Å²) >= 11 is 0. The quantitative estimate of drug-likeness (QED) is 0.753. The molecule has 0 saturated carbocycles. The second-order valence-corrected chi connectivity index (χ2v) is 5.84. The van der Waals surface area contributed by atoms with Crippen molar-refractivity contribution in [3.63, 3.8) is 0 Å². The molecule has 1 aromatic carbocycles. The first-order valence-corrected chi connectivity index (χ1v) is 7.80. The summed E-state index contributed by atoms with van der Waals surface area (Å²) in [7, 11) is 0. The molecule has 2 atom stereocenters. The van der Waals surface area contributed by atoms with E-state index < -0.39 is 5.60 Å². The Morgan fingerprint density at radius 3 is 2.95 bits per heavy atom. The predicted molar refractivity (Wildman–Crippen MR) is 81.6 cm³/mol. The highest BCUT2D eigenvalue weighted by Gasteiger charge is 2.23. The molecule has 0 bridgehead atoms. The molecule has 20 heavy (non-hydrogen) atoms. The van der Waals surface area contributed by atoms with Gasteiger partial charge in [-0.2, -0.15) is 0 Å². The van der Waals surface area contributed by atoms with Gasteiger partial charge in [0.25, 0.3) is 0 Å². The molecule has 0 fully saturated rings. The molecule has 0 spiro atoms. The third-order valence-corrected chi connectivity index (χ3v) is 4.46. The lowest BCUT2D eigenvalue weighted by molar-refractivity contribution is 0.00413. The summed E-state index contributed by atoms with van der Waals surface area (Å²) in [4.78, 5) is 0. The molecule has 3 nitrogen and oxygen atoms in total. The van der Waals surface area contributed by atoms with Crippen LogP contribution in [0.5, 0.6) is 0 Å². The van der Waals surface area contributed by atoms with Gasteiger partial charge in [0.05, 0.1) is 11.7 Å². The van der Waals surface area contributed by atoms with Gasteiger partial charge in [-0.3, -0.25) is 0 Å². The van der Waals surface area contributed by atoms with Crippen molar-refractivity contribution < 1.29 is 9.84 Å². The summed E-state index contributed by atoms with van der Waals surface area (Å²) in [5, 5.41) is 10.1. The Kier molecular flexibility index (Phi) is 5.58. The zero-order chi connectivity index (χ0) is 14.4. The van der Waals surface area contributed by atoms with Gasteiger partial charge in [-0.05, 0) is 49.7 Å². The SMILES string of the molecule is CCC(O)(CN)CCCOC1CCCc2ccccc21. The molecule has 0 aliphatic heterocycles. The van der Waals surface area contributed by atoms with Crippen LogP contribution in [0.1, 0.15) is 56.3 Å². The van der Waals surface area contributed by atoms with Gasteiger partial charge >= 0.3 is 0 Å². The lowest BCUT2D eigenvalue weighted by Gasteiger charge is -2.27. The Hall–Kier alpha value is -0.900. The highest BCUT2D eigenvalue weighted by atomic mass is 16.5. The molecule has 3 heteroatoms. The average molecular weight is 277 g/mol. The Bertz CT molecular complexity index is 415. The second-order valence-electron chi connectivity index (χ2n) is 5.84. The van der Waals surface area contributed by atoms with Gasteiger partial charge in [-0.15, -0.1) is 0 Å². The Morgan fingerprint density at radius 1 is 1.40 bits per heavy atom. The summed E-state index contributed by atoms with van der Waals surface area (Å²) in [5.41, 5.74) is 7.68. The molecule has 0 aromatic heterocycles. The van der Waals surface area contributed by atoms with E-state index in [1.807, 2.05) is 6.92 Å². The van der Waals surface area contributed by atoms with Gasteiger partial charge in [0.15, 0.2) is 0 Å². The number of ether oxygens (including phenoxy) is 1. The van der Waals surface area contributed by atoms with Crippen LogP contribution in [0.2, 0.25) is 0 Å². The summed E-state index contributed by atoms with van der Waals surface area (Å²) < 4.78 is 6.04. The fourth-order valence-electron chi connectivity index (χ4n) is 2.93. The number of hydrogen-bond acceptors (Lipinski definition) is 3. The summed E-state index contributed by atoms with van der Waals surface area (Å²) in [6.45, 7) is 3.00. The van der Waals surface area contributed by atoms with Crippen molar-refractivity contribution in [3.8, 4) is 0 Å². The Labute approximate surface area is 122 Å². The van der Waals surface area contributed by atoms with Gasteiger partial charge in [0, 0.05) is 13.2 Å².